The molecular weight excluding hydrogens is 306 g/mol. The summed E-state index contributed by atoms with van der Waals surface area (Å²) in [6.07, 6.45) is -6.03. The van der Waals surface area contributed by atoms with Gasteiger partial charge in [0.1, 0.15) is 24.4 Å². The van der Waals surface area contributed by atoms with Gasteiger partial charge in [-0.2, -0.15) is 11.8 Å². The first-order valence-corrected chi connectivity index (χ1v) is 7.50. The van der Waals surface area contributed by atoms with Gasteiger partial charge >= 0.3 is 5.97 Å². The molecule has 0 radical (unpaired) electrons. The van der Waals surface area contributed by atoms with Crippen LogP contribution >= 0.6 is 11.8 Å². The lowest BCUT2D eigenvalue weighted by Gasteiger charge is -2.25. The van der Waals surface area contributed by atoms with E-state index in [1.807, 2.05) is 5.32 Å². The highest BCUT2D eigenvalue weighted by molar-refractivity contribution is 7.98. The number of amides is 1. The third kappa shape index (κ3) is 6.59. The van der Waals surface area contributed by atoms with Gasteiger partial charge in [-0.3, -0.25) is 4.79 Å². The quantitative estimate of drug-likeness (QED) is 0.218. The zero-order chi connectivity index (χ0) is 16.6. The zero-order valence-corrected chi connectivity index (χ0v) is 12.2. The van der Waals surface area contributed by atoms with Crippen molar-refractivity contribution in [3.8, 4) is 0 Å². The monoisotopic (exact) mass is 327 g/mol. The van der Waals surface area contributed by atoms with Gasteiger partial charge in [-0.05, 0) is 18.4 Å². The Morgan fingerprint density at radius 2 is 1.71 bits per heavy atom. The molecule has 0 aromatic rings. The molecule has 0 aliphatic rings. The van der Waals surface area contributed by atoms with Crippen LogP contribution in [-0.4, -0.2) is 91.6 Å². The second kappa shape index (κ2) is 9.92. The Morgan fingerprint density at radius 1 is 1.14 bits per heavy atom. The van der Waals surface area contributed by atoms with E-state index in [0.717, 1.165) is 0 Å². The Labute approximate surface area is 125 Å². The number of nitrogens with one attached hydrogen (secondary N) is 1. The summed E-state index contributed by atoms with van der Waals surface area (Å²) in [5.74, 6) is -2.03. The van der Waals surface area contributed by atoms with Crippen LogP contribution in [0, 0.1) is 0 Å². The minimum atomic E-state index is -2.14. The molecule has 0 aromatic heterocycles. The number of carbonyl (C=O) groups excluding carboxylic acids is 1. The van der Waals surface area contributed by atoms with Crippen LogP contribution < -0.4 is 5.32 Å². The first kappa shape index (κ1) is 20.1. The second-order valence-corrected chi connectivity index (χ2v) is 5.34. The summed E-state index contributed by atoms with van der Waals surface area (Å²) < 4.78 is 0. The lowest BCUT2D eigenvalue weighted by Crippen LogP contribution is -2.54. The third-order valence-electron chi connectivity index (χ3n) is 2.75. The fraction of sp³-hybridized carbons (Fsp3) is 0.818. The summed E-state index contributed by atoms with van der Waals surface area (Å²) in [6.45, 7) is -0.877. The molecule has 0 aliphatic heterocycles. The van der Waals surface area contributed by atoms with Crippen molar-refractivity contribution in [3.05, 3.63) is 0 Å². The zero-order valence-electron chi connectivity index (χ0n) is 11.4. The van der Waals surface area contributed by atoms with E-state index < -0.39 is 48.9 Å². The Morgan fingerprint density at radius 3 is 2.14 bits per heavy atom. The SMILES string of the molecule is CSCC[C@@H](NC(=O)[C@H](O)[C@H](O)[C@H](O)[C@H](O)CO)C(=O)O. The number of aliphatic carboxylic acids is 1. The molecule has 0 rings (SSSR count). The Bertz CT molecular complexity index is 342. The van der Waals surface area contributed by atoms with Gasteiger partial charge in [-0.25, -0.2) is 4.79 Å². The number of aliphatic hydroxyl groups is 5. The minimum absolute atomic E-state index is 0.118. The van der Waals surface area contributed by atoms with E-state index in [2.05, 4.69) is 0 Å². The number of carboxylic acids is 1. The van der Waals surface area contributed by atoms with Gasteiger partial charge in [0.05, 0.1) is 6.61 Å². The van der Waals surface area contributed by atoms with Crippen LogP contribution in [0.5, 0.6) is 0 Å². The Hall–Kier alpha value is -0.910. The van der Waals surface area contributed by atoms with Crippen LogP contribution in [0.25, 0.3) is 0 Å². The molecule has 5 atom stereocenters. The van der Waals surface area contributed by atoms with E-state index in [0.29, 0.717) is 5.75 Å². The van der Waals surface area contributed by atoms with Crippen molar-refractivity contribution in [1.82, 2.24) is 5.32 Å². The van der Waals surface area contributed by atoms with Gasteiger partial charge in [0.25, 0.3) is 5.91 Å². The number of thioether (sulfide) groups is 1. The molecule has 0 aliphatic carbocycles. The largest absolute Gasteiger partial charge is 0.480 e. The lowest BCUT2D eigenvalue weighted by atomic mass is 10.0. The predicted octanol–water partition coefficient (Wildman–Crippen LogP) is -3.26. The Kier molecular flexibility index (Phi) is 9.49. The van der Waals surface area contributed by atoms with Crippen molar-refractivity contribution in [2.24, 2.45) is 0 Å². The fourth-order valence-electron chi connectivity index (χ4n) is 1.43. The van der Waals surface area contributed by atoms with E-state index in [1.165, 1.54) is 11.8 Å². The Balaban J connectivity index is 4.64. The van der Waals surface area contributed by atoms with Crippen molar-refractivity contribution in [3.63, 3.8) is 0 Å². The van der Waals surface area contributed by atoms with E-state index in [4.69, 9.17) is 15.3 Å². The van der Waals surface area contributed by atoms with E-state index >= 15 is 0 Å². The van der Waals surface area contributed by atoms with Crippen LogP contribution in [-0.2, 0) is 9.59 Å². The molecule has 0 saturated carbocycles. The molecule has 0 heterocycles. The number of carbonyl (C=O) groups is 2. The standard InChI is InChI=1S/C11H21NO8S/c1-21-3-2-5(11(19)20)12-10(18)9(17)8(16)7(15)6(14)4-13/h5-9,13-17H,2-4H2,1H3,(H,12,18)(H,19,20)/t5-,6-,7-,8-,9-/m1/s1. The first-order chi connectivity index (χ1) is 9.76. The van der Waals surface area contributed by atoms with E-state index in [9.17, 15) is 24.9 Å². The van der Waals surface area contributed by atoms with Gasteiger partial charge < -0.3 is 36.0 Å². The van der Waals surface area contributed by atoms with Gasteiger partial charge in [0.2, 0.25) is 0 Å². The molecule has 1 amide bonds. The maximum Gasteiger partial charge on any atom is 0.326 e. The number of carboxylic acid groups (broad SMARTS) is 1. The van der Waals surface area contributed by atoms with Crippen molar-refractivity contribution in [2.75, 3.05) is 18.6 Å². The van der Waals surface area contributed by atoms with E-state index in [-0.39, 0.29) is 6.42 Å². The molecule has 124 valence electrons. The number of hydrogen-bond donors (Lipinski definition) is 7. The number of hydrogen-bond acceptors (Lipinski definition) is 8. The van der Waals surface area contributed by atoms with Crippen molar-refractivity contribution in [1.29, 1.82) is 0 Å². The fourth-order valence-corrected chi connectivity index (χ4v) is 1.90. The topological polar surface area (TPSA) is 168 Å². The molecule has 0 fully saturated rings. The summed E-state index contributed by atoms with van der Waals surface area (Å²) in [5.41, 5.74) is 0. The maximum atomic E-state index is 11.6. The summed E-state index contributed by atoms with van der Waals surface area (Å²) in [4.78, 5) is 22.6. The van der Waals surface area contributed by atoms with Crippen LogP contribution in [0.15, 0.2) is 0 Å². The molecule has 0 saturated heterocycles. The van der Waals surface area contributed by atoms with Crippen molar-refractivity contribution >= 4 is 23.6 Å². The molecule has 0 spiro atoms. The van der Waals surface area contributed by atoms with Crippen LogP contribution in [0.2, 0.25) is 0 Å². The van der Waals surface area contributed by atoms with Gasteiger partial charge in [0, 0.05) is 0 Å². The average molecular weight is 327 g/mol. The summed E-state index contributed by atoms with van der Waals surface area (Å²) in [7, 11) is 0. The van der Waals surface area contributed by atoms with Gasteiger partial charge in [-0.1, -0.05) is 0 Å². The van der Waals surface area contributed by atoms with Crippen molar-refractivity contribution < 1.29 is 40.2 Å². The summed E-state index contributed by atoms with van der Waals surface area (Å²) in [5, 5.41) is 57.1. The predicted molar refractivity (Wildman–Crippen MR) is 73.7 cm³/mol. The smallest absolute Gasteiger partial charge is 0.326 e. The van der Waals surface area contributed by atoms with Crippen LogP contribution in [0.4, 0.5) is 0 Å². The molecule has 0 aromatic carbocycles. The molecule has 7 N–H and O–H groups in total. The van der Waals surface area contributed by atoms with Gasteiger partial charge in [0.15, 0.2) is 6.10 Å². The summed E-state index contributed by atoms with van der Waals surface area (Å²) >= 11 is 1.37. The minimum Gasteiger partial charge on any atom is -0.480 e. The number of aliphatic hydroxyl groups excluding tert-OH is 5. The van der Waals surface area contributed by atoms with Crippen LogP contribution in [0.1, 0.15) is 6.42 Å². The third-order valence-corrected chi connectivity index (χ3v) is 3.39. The lowest BCUT2D eigenvalue weighted by molar-refractivity contribution is -0.153. The highest BCUT2D eigenvalue weighted by atomic mass is 32.2. The average Bonchev–Trinajstić information content (AvgIpc) is 2.47. The van der Waals surface area contributed by atoms with Crippen molar-refractivity contribution in [2.45, 2.75) is 36.9 Å². The van der Waals surface area contributed by atoms with Gasteiger partial charge in [-0.15, -0.1) is 0 Å². The van der Waals surface area contributed by atoms with Crippen LogP contribution in [0.3, 0.4) is 0 Å². The molecule has 9 nitrogen and oxygen atoms in total. The molecular formula is C11H21NO8S. The molecule has 21 heavy (non-hydrogen) atoms. The highest BCUT2D eigenvalue weighted by Crippen LogP contribution is 2.07. The highest BCUT2D eigenvalue weighted by Gasteiger charge is 2.35. The normalized spacial score (nSPS) is 18.4. The summed E-state index contributed by atoms with van der Waals surface area (Å²) in [6, 6.07) is -1.24. The maximum absolute atomic E-state index is 11.6. The molecule has 0 bridgehead atoms. The molecule has 10 heteroatoms. The first-order valence-electron chi connectivity index (χ1n) is 6.11. The van der Waals surface area contributed by atoms with E-state index in [1.54, 1.807) is 6.26 Å². The number of rotatable bonds is 10. The molecule has 0 unspecified atom stereocenters. The second-order valence-electron chi connectivity index (χ2n) is 4.36.